The molecule has 164 valence electrons. The Labute approximate surface area is 196 Å². The first-order valence-corrected chi connectivity index (χ1v) is 11.1. The van der Waals surface area contributed by atoms with Crippen molar-refractivity contribution in [3.05, 3.63) is 120 Å². The van der Waals surface area contributed by atoms with Gasteiger partial charge >= 0.3 is 0 Å². The Bertz CT molecular complexity index is 1450. The maximum absolute atomic E-state index is 13.5. The largest absolute Gasteiger partial charge is 0.450 e. The van der Waals surface area contributed by atoms with Gasteiger partial charge in [0.15, 0.2) is 5.43 Å². The Morgan fingerprint density at radius 1 is 1.00 bits per heavy atom. The molecule has 0 N–H and O–H groups in total. The van der Waals surface area contributed by atoms with Gasteiger partial charge in [-0.2, -0.15) is 0 Å². The highest BCUT2D eigenvalue weighted by molar-refractivity contribution is 9.10. The lowest BCUT2D eigenvalue weighted by atomic mass is 9.98. The second-order valence-corrected chi connectivity index (χ2v) is 8.72. The summed E-state index contributed by atoms with van der Waals surface area (Å²) in [6, 6.07) is 20.1. The van der Waals surface area contributed by atoms with Crippen LogP contribution in [0.1, 0.15) is 33.3 Å². The summed E-state index contributed by atoms with van der Waals surface area (Å²) in [5.41, 5.74) is 1.91. The van der Waals surface area contributed by atoms with Crippen LogP contribution in [-0.2, 0) is 6.42 Å². The number of nitrogens with zero attached hydrogens (tertiary/aromatic N) is 2. The molecule has 1 aliphatic heterocycles. The summed E-state index contributed by atoms with van der Waals surface area (Å²) in [4.78, 5) is 39.2. The number of benzene rings is 3. The lowest BCUT2D eigenvalue weighted by Crippen LogP contribution is -2.31. The van der Waals surface area contributed by atoms with Crippen LogP contribution in [-0.4, -0.2) is 22.3 Å². The molecule has 0 saturated heterocycles. The summed E-state index contributed by atoms with van der Waals surface area (Å²) >= 11 is 3.38. The van der Waals surface area contributed by atoms with E-state index in [9.17, 15) is 19.7 Å². The molecule has 1 aliphatic rings. The first kappa shape index (κ1) is 21.1. The fourth-order valence-electron chi connectivity index (χ4n) is 4.24. The fraction of sp³-hybridized carbons (Fsp3) is 0.120. The highest BCUT2D eigenvalue weighted by Gasteiger charge is 2.42. The van der Waals surface area contributed by atoms with Crippen molar-refractivity contribution in [1.29, 1.82) is 0 Å². The number of non-ortho nitro benzene ring substituents is 1. The molecule has 0 bridgehead atoms. The fourth-order valence-corrected chi connectivity index (χ4v) is 4.60. The second kappa shape index (κ2) is 8.29. The zero-order chi connectivity index (χ0) is 23.1. The van der Waals surface area contributed by atoms with Crippen molar-refractivity contribution in [2.75, 3.05) is 6.54 Å². The summed E-state index contributed by atoms with van der Waals surface area (Å²) in [5.74, 6) is -0.350. The second-order valence-electron chi connectivity index (χ2n) is 7.80. The molecule has 1 atom stereocenters. The number of carbonyl (C=O) groups excluding carboxylic acids is 1. The highest BCUT2D eigenvalue weighted by Crippen LogP contribution is 2.39. The number of hydrogen-bond donors (Lipinski definition) is 0. The quantitative estimate of drug-likeness (QED) is 0.273. The predicted octanol–water partition coefficient (Wildman–Crippen LogP) is 5.25. The SMILES string of the molecule is O=C1c2oc3ccc(Br)cc3c(=O)c2C(c2ccc([N+](=O)[O-])cc2)N1CCc1ccccc1. The molecular weight excluding hydrogens is 488 g/mol. The molecule has 7 nitrogen and oxygen atoms in total. The molecule has 3 aromatic carbocycles. The molecule has 1 aromatic heterocycles. The third-order valence-electron chi connectivity index (χ3n) is 5.83. The molecule has 33 heavy (non-hydrogen) atoms. The maximum Gasteiger partial charge on any atom is 0.290 e. The minimum absolute atomic E-state index is 0.0197. The van der Waals surface area contributed by atoms with Crippen molar-refractivity contribution in [1.82, 2.24) is 4.90 Å². The standard InChI is InChI=1S/C25H17BrN2O5/c26-17-8-11-20-19(14-17)23(29)21-22(16-6-9-18(10-7-16)28(31)32)27(25(30)24(21)33-20)13-12-15-4-2-1-3-5-15/h1-11,14,22H,12-13H2. The van der Waals surface area contributed by atoms with Gasteiger partial charge in [-0.25, -0.2) is 0 Å². The van der Waals surface area contributed by atoms with Crippen LogP contribution in [0, 0.1) is 10.1 Å². The number of carbonyl (C=O) groups is 1. The Morgan fingerprint density at radius 2 is 1.73 bits per heavy atom. The lowest BCUT2D eigenvalue weighted by Gasteiger charge is -2.25. The smallest absolute Gasteiger partial charge is 0.290 e. The van der Waals surface area contributed by atoms with Gasteiger partial charge in [0, 0.05) is 23.2 Å². The van der Waals surface area contributed by atoms with Gasteiger partial charge in [0.25, 0.3) is 11.6 Å². The van der Waals surface area contributed by atoms with Crippen LogP contribution in [0.25, 0.3) is 11.0 Å². The number of hydrogen-bond acceptors (Lipinski definition) is 5. The third kappa shape index (κ3) is 3.72. The molecule has 0 saturated carbocycles. The van der Waals surface area contributed by atoms with Gasteiger partial charge < -0.3 is 9.32 Å². The molecule has 1 amide bonds. The van der Waals surface area contributed by atoms with Gasteiger partial charge in [0.1, 0.15) is 5.58 Å². The first-order valence-electron chi connectivity index (χ1n) is 10.3. The summed E-state index contributed by atoms with van der Waals surface area (Å²) in [6.07, 6.45) is 0.587. The van der Waals surface area contributed by atoms with E-state index in [1.165, 1.54) is 12.1 Å². The van der Waals surface area contributed by atoms with Crippen LogP contribution >= 0.6 is 15.9 Å². The summed E-state index contributed by atoms with van der Waals surface area (Å²) in [7, 11) is 0. The zero-order valence-electron chi connectivity index (χ0n) is 17.2. The van der Waals surface area contributed by atoms with Crippen LogP contribution in [0.4, 0.5) is 5.69 Å². The van der Waals surface area contributed by atoms with Crippen LogP contribution in [0.5, 0.6) is 0 Å². The van der Waals surface area contributed by atoms with Crippen molar-refractivity contribution < 1.29 is 14.1 Å². The average Bonchev–Trinajstić information content (AvgIpc) is 3.10. The van der Waals surface area contributed by atoms with E-state index in [1.54, 1.807) is 35.2 Å². The monoisotopic (exact) mass is 504 g/mol. The molecule has 0 aliphatic carbocycles. The zero-order valence-corrected chi connectivity index (χ0v) is 18.8. The van der Waals surface area contributed by atoms with Gasteiger partial charge in [0.05, 0.1) is 21.9 Å². The van der Waals surface area contributed by atoms with E-state index in [1.807, 2.05) is 30.3 Å². The van der Waals surface area contributed by atoms with Crippen molar-refractivity contribution in [2.45, 2.75) is 12.5 Å². The molecule has 4 aromatic rings. The molecule has 0 spiro atoms. The van der Waals surface area contributed by atoms with E-state index >= 15 is 0 Å². The van der Waals surface area contributed by atoms with E-state index in [2.05, 4.69) is 15.9 Å². The lowest BCUT2D eigenvalue weighted by molar-refractivity contribution is -0.384. The number of nitro benzene ring substituents is 1. The van der Waals surface area contributed by atoms with Crippen molar-refractivity contribution in [3.8, 4) is 0 Å². The van der Waals surface area contributed by atoms with Gasteiger partial charge in [0.2, 0.25) is 5.76 Å². The van der Waals surface area contributed by atoms with E-state index in [-0.39, 0.29) is 28.3 Å². The van der Waals surface area contributed by atoms with Crippen molar-refractivity contribution in [3.63, 3.8) is 0 Å². The van der Waals surface area contributed by atoms with Gasteiger partial charge in [-0.05, 0) is 47.9 Å². The number of rotatable bonds is 5. The first-order chi connectivity index (χ1) is 15.9. The summed E-state index contributed by atoms with van der Waals surface area (Å²) in [5, 5.41) is 11.5. The summed E-state index contributed by atoms with van der Waals surface area (Å²) < 4.78 is 6.65. The molecule has 0 radical (unpaired) electrons. The van der Waals surface area contributed by atoms with Crippen LogP contribution in [0.15, 0.2) is 86.5 Å². The molecule has 5 rings (SSSR count). The maximum atomic E-state index is 13.5. The highest BCUT2D eigenvalue weighted by atomic mass is 79.9. The molecule has 2 heterocycles. The van der Waals surface area contributed by atoms with Crippen LogP contribution in [0.3, 0.4) is 0 Å². The molecule has 0 fully saturated rings. The third-order valence-corrected chi connectivity index (χ3v) is 6.32. The average molecular weight is 505 g/mol. The molecule has 1 unspecified atom stereocenters. The number of halogens is 1. The van der Waals surface area contributed by atoms with Crippen molar-refractivity contribution >= 4 is 38.5 Å². The minimum atomic E-state index is -0.698. The van der Waals surface area contributed by atoms with E-state index < -0.39 is 11.0 Å². The predicted molar refractivity (Wildman–Crippen MR) is 126 cm³/mol. The van der Waals surface area contributed by atoms with Gasteiger partial charge in [-0.1, -0.05) is 46.3 Å². The number of nitro groups is 1. The molecular formula is C25H17BrN2O5. The van der Waals surface area contributed by atoms with Crippen molar-refractivity contribution in [2.24, 2.45) is 0 Å². The Hall–Kier alpha value is -3.78. The topological polar surface area (TPSA) is 93.7 Å². The Balaban J connectivity index is 1.65. The van der Waals surface area contributed by atoms with Gasteiger partial charge in [-0.3, -0.25) is 19.7 Å². The van der Waals surface area contributed by atoms with E-state index in [0.29, 0.717) is 29.5 Å². The number of amides is 1. The normalized spacial score (nSPS) is 15.1. The Kier molecular flexibility index (Phi) is 5.30. The van der Waals surface area contributed by atoms with Crippen LogP contribution < -0.4 is 5.43 Å². The molecule has 8 heteroatoms. The van der Waals surface area contributed by atoms with E-state index in [4.69, 9.17) is 4.42 Å². The Morgan fingerprint density at radius 3 is 2.42 bits per heavy atom. The van der Waals surface area contributed by atoms with E-state index in [0.717, 1.165) is 10.0 Å². The summed E-state index contributed by atoms with van der Waals surface area (Å²) in [6.45, 7) is 0.355. The van der Waals surface area contributed by atoms with Crippen LogP contribution in [0.2, 0.25) is 0 Å². The van der Waals surface area contributed by atoms with Gasteiger partial charge in [-0.15, -0.1) is 0 Å². The minimum Gasteiger partial charge on any atom is -0.450 e. The number of fused-ring (bicyclic) bond motifs is 2.